The molecule has 0 aromatic carbocycles. The molecule has 1 aromatic heterocycles. The highest BCUT2D eigenvalue weighted by atomic mass is 32.2. The maximum Gasteiger partial charge on any atom is 0.270 e. The van der Waals surface area contributed by atoms with E-state index >= 15 is 0 Å². The third-order valence-corrected chi connectivity index (χ3v) is 3.85. The molecular weight excluding hydrogens is 246 g/mol. The van der Waals surface area contributed by atoms with E-state index < -0.39 is 0 Å². The Morgan fingerprint density at radius 1 is 1.50 bits per heavy atom. The summed E-state index contributed by atoms with van der Waals surface area (Å²) < 4.78 is 0.0366. The Hall–Kier alpha value is -1.23. The minimum Gasteiger partial charge on any atom is -0.385 e. The number of hydrogen-bond acceptors (Lipinski definition) is 4. The zero-order valence-electron chi connectivity index (χ0n) is 11.4. The molecule has 18 heavy (non-hydrogen) atoms. The van der Waals surface area contributed by atoms with E-state index in [-0.39, 0.29) is 10.7 Å². The third kappa shape index (κ3) is 4.56. The van der Waals surface area contributed by atoms with Gasteiger partial charge in [-0.25, -0.2) is 0 Å². The summed E-state index contributed by atoms with van der Waals surface area (Å²) in [4.78, 5) is 16.0. The van der Waals surface area contributed by atoms with E-state index in [1.807, 2.05) is 19.2 Å². The summed E-state index contributed by atoms with van der Waals surface area (Å²) in [6.07, 6.45) is 3.68. The molecule has 0 aliphatic rings. The Labute approximate surface area is 113 Å². The topological polar surface area (TPSA) is 54.0 Å². The molecule has 4 nitrogen and oxygen atoms in total. The van der Waals surface area contributed by atoms with E-state index in [1.54, 1.807) is 24.0 Å². The Kier molecular flexibility index (Phi) is 5.47. The van der Waals surface area contributed by atoms with Crippen LogP contribution in [0, 0.1) is 0 Å². The van der Waals surface area contributed by atoms with Crippen LogP contribution in [-0.4, -0.2) is 35.0 Å². The van der Waals surface area contributed by atoms with Crippen molar-refractivity contribution in [2.45, 2.75) is 25.5 Å². The molecule has 1 heterocycles. The fourth-order valence-corrected chi connectivity index (χ4v) is 1.54. The minimum absolute atomic E-state index is 0.0366. The van der Waals surface area contributed by atoms with Gasteiger partial charge in [-0.15, -0.1) is 0 Å². The lowest BCUT2D eigenvalue weighted by molar-refractivity contribution is 0.0946. The number of thioether (sulfide) groups is 1. The normalized spacial score (nSPS) is 11.1. The van der Waals surface area contributed by atoms with Crippen molar-refractivity contribution in [3.05, 3.63) is 24.0 Å². The van der Waals surface area contributed by atoms with Crippen LogP contribution in [0.3, 0.4) is 0 Å². The molecule has 0 aliphatic heterocycles. The number of aromatic nitrogens is 1. The van der Waals surface area contributed by atoms with Crippen LogP contribution in [0.4, 0.5) is 5.69 Å². The molecule has 0 fully saturated rings. The predicted molar refractivity (Wildman–Crippen MR) is 78.3 cm³/mol. The second kappa shape index (κ2) is 6.64. The fourth-order valence-electron chi connectivity index (χ4n) is 1.32. The molecule has 1 amide bonds. The van der Waals surface area contributed by atoms with Crippen molar-refractivity contribution >= 4 is 23.4 Å². The van der Waals surface area contributed by atoms with Gasteiger partial charge in [-0.3, -0.25) is 9.78 Å². The lowest BCUT2D eigenvalue weighted by Gasteiger charge is -2.22. The van der Waals surface area contributed by atoms with E-state index in [9.17, 15) is 4.79 Å². The van der Waals surface area contributed by atoms with Crippen LogP contribution in [0.2, 0.25) is 0 Å². The van der Waals surface area contributed by atoms with Crippen molar-refractivity contribution < 1.29 is 4.79 Å². The fraction of sp³-hybridized carbons (Fsp3) is 0.538. The van der Waals surface area contributed by atoms with Crippen molar-refractivity contribution in [3.63, 3.8) is 0 Å². The molecule has 0 saturated heterocycles. The summed E-state index contributed by atoms with van der Waals surface area (Å²) in [6, 6.07) is 3.62. The molecular formula is C13H21N3OS. The Bertz CT molecular complexity index is 407. The van der Waals surface area contributed by atoms with Gasteiger partial charge in [0, 0.05) is 29.7 Å². The first-order valence-corrected chi connectivity index (χ1v) is 7.24. The van der Waals surface area contributed by atoms with E-state index in [4.69, 9.17) is 0 Å². The number of hydrogen-bond donors (Lipinski definition) is 2. The number of amides is 1. The van der Waals surface area contributed by atoms with E-state index in [1.165, 1.54) is 0 Å². The number of carbonyl (C=O) groups is 1. The largest absolute Gasteiger partial charge is 0.385 e. The second-order valence-electron chi connectivity index (χ2n) is 4.61. The smallest absolute Gasteiger partial charge is 0.270 e. The lowest BCUT2D eigenvalue weighted by atomic mass is 10.2. The van der Waals surface area contributed by atoms with Crippen LogP contribution < -0.4 is 10.6 Å². The molecule has 100 valence electrons. The zero-order chi connectivity index (χ0) is 13.6. The first-order valence-electron chi connectivity index (χ1n) is 6.02. The van der Waals surface area contributed by atoms with Gasteiger partial charge in [-0.05, 0) is 39.2 Å². The van der Waals surface area contributed by atoms with Gasteiger partial charge in [0.15, 0.2) is 0 Å². The molecule has 0 radical (unpaired) electrons. The molecule has 2 N–H and O–H groups in total. The van der Waals surface area contributed by atoms with Crippen molar-refractivity contribution in [1.29, 1.82) is 0 Å². The summed E-state index contributed by atoms with van der Waals surface area (Å²) in [7, 11) is 0. The average Bonchev–Trinajstić information content (AvgIpc) is 2.37. The van der Waals surface area contributed by atoms with Gasteiger partial charge < -0.3 is 10.6 Å². The molecule has 0 bridgehead atoms. The SMILES string of the molecule is CCNc1ccnc(C(=O)NCC(C)(C)SC)c1. The molecule has 0 spiro atoms. The van der Waals surface area contributed by atoms with Crippen LogP contribution >= 0.6 is 11.8 Å². The van der Waals surface area contributed by atoms with E-state index in [0.29, 0.717) is 12.2 Å². The highest BCUT2D eigenvalue weighted by Gasteiger charge is 2.18. The van der Waals surface area contributed by atoms with E-state index in [0.717, 1.165) is 12.2 Å². The number of rotatable bonds is 6. The number of carbonyl (C=O) groups excluding carboxylic acids is 1. The second-order valence-corrected chi connectivity index (χ2v) is 6.12. The Morgan fingerprint density at radius 2 is 2.22 bits per heavy atom. The predicted octanol–water partition coefficient (Wildman–Crippen LogP) is 2.38. The van der Waals surface area contributed by atoms with Crippen LogP contribution in [-0.2, 0) is 0 Å². The van der Waals surface area contributed by atoms with Crippen molar-refractivity contribution in [1.82, 2.24) is 10.3 Å². The molecule has 1 aromatic rings. The third-order valence-electron chi connectivity index (χ3n) is 2.60. The van der Waals surface area contributed by atoms with Gasteiger partial charge >= 0.3 is 0 Å². The molecule has 0 aliphatic carbocycles. The van der Waals surface area contributed by atoms with Crippen molar-refractivity contribution in [2.24, 2.45) is 0 Å². The molecule has 1 rings (SSSR count). The van der Waals surface area contributed by atoms with Crippen LogP contribution in [0.5, 0.6) is 0 Å². The number of pyridine rings is 1. The monoisotopic (exact) mass is 267 g/mol. The van der Waals surface area contributed by atoms with Crippen molar-refractivity contribution in [2.75, 3.05) is 24.7 Å². The highest BCUT2D eigenvalue weighted by Crippen LogP contribution is 2.19. The Morgan fingerprint density at radius 3 is 2.83 bits per heavy atom. The van der Waals surface area contributed by atoms with Gasteiger partial charge in [0.2, 0.25) is 0 Å². The lowest BCUT2D eigenvalue weighted by Crippen LogP contribution is -2.36. The molecule has 5 heteroatoms. The zero-order valence-corrected chi connectivity index (χ0v) is 12.2. The number of nitrogens with zero attached hydrogens (tertiary/aromatic N) is 1. The summed E-state index contributed by atoms with van der Waals surface area (Å²) in [5.74, 6) is -0.128. The van der Waals surface area contributed by atoms with Gasteiger partial charge in [-0.2, -0.15) is 11.8 Å². The van der Waals surface area contributed by atoms with E-state index in [2.05, 4.69) is 29.5 Å². The van der Waals surface area contributed by atoms with Gasteiger partial charge in [-0.1, -0.05) is 0 Å². The highest BCUT2D eigenvalue weighted by molar-refractivity contribution is 7.99. The summed E-state index contributed by atoms with van der Waals surface area (Å²) >= 11 is 1.73. The van der Waals surface area contributed by atoms with Gasteiger partial charge in [0.1, 0.15) is 5.69 Å². The first-order chi connectivity index (χ1) is 8.48. The minimum atomic E-state index is -0.128. The quantitative estimate of drug-likeness (QED) is 0.831. The molecule has 0 saturated carbocycles. The van der Waals surface area contributed by atoms with Crippen LogP contribution in [0.1, 0.15) is 31.3 Å². The standard InChI is InChI=1S/C13H21N3OS/c1-5-14-10-6-7-15-11(8-10)12(17)16-9-13(2,3)18-4/h6-8H,5,9H2,1-4H3,(H,14,15)(H,16,17). The maximum atomic E-state index is 12.0. The van der Waals surface area contributed by atoms with Crippen molar-refractivity contribution in [3.8, 4) is 0 Å². The van der Waals surface area contributed by atoms with Gasteiger partial charge in [0.05, 0.1) is 0 Å². The van der Waals surface area contributed by atoms with Crippen LogP contribution in [0.15, 0.2) is 18.3 Å². The molecule has 0 unspecified atom stereocenters. The number of nitrogens with one attached hydrogen (secondary N) is 2. The number of anilines is 1. The van der Waals surface area contributed by atoms with Crippen LogP contribution in [0.25, 0.3) is 0 Å². The van der Waals surface area contributed by atoms with Gasteiger partial charge in [0.25, 0.3) is 5.91 Å². The molecule has 0 atom stereocenters. The average molecular weight is 267 g/mol. The summed E-state index contributed by atoms with van der Waals surface area (Å²) in [6.45, 7) is 7.66. The summed E-state index contributed by atoms with van der Waals surface area (Å²) in [5.41, 5.74) is 1.37. The maximum absolute atomic E-state index is 12.0. The first kappa shape index (κ1) is 14.8. The summed E-state index contributed by atoms with van der Waals surface area (Å²) in [5, 5.41) is 6.07. The Balaban J connectivity index is 2.64.